The van der Waals surface area contributed by atoms with Gasteiger partial charge in [-0.2, -0.15) is 0 Å². The summed E-state index contributed by atoms with van der Waals surface area (Å²) < 4.78 is 4.90. The number of nitrogens with zero attached hydrogens (tertiary/aromatic N) is 2. The van der Waals surface area contributed by atoms with Gasteiger partial charge in [-0.3, -0.25) is 0 Å². The van der Waals surface area contributed by atoms with Crippen molar-refractivity contribution >= 4 is 40.5 Å². The number of rotatable bonds is 5. The molecule has 0 atom stereocenters. The van der Waals surface area contributed by atoms with E-state index >= 15 is 0 Å². The number of anilines is 2. The highest BCUT2D eigenvalue weighted by Crippen LogP contribution is 2.26. The lowest BCUT2D eigenvalue weighted by Crippen LogP contribution is -2.10. The van der Waals surface area contributed by atoms with Crippen molar-refractivity contribution in [3.8, 4) is 0 Å². The molecule has 0 aliphatic carbocycles. The fourth-order valence-corrected chi connectivity index (χ4v) is 2.67. The Morgan fingerprint density at radius 2 is 1.59 bits per heavy atom. The molecule has 2 aromatic rings. The zero-order valence-corrected chi connectivity index (χ0v) is 17.5. The summed E-state index contributed by atoms with van der Waals surface area (Å²) in [5.41, 5.74) is 4.29. The average Bonchev–Trinajstić information content (AvgIpc) is 2.66. The normalized spacial score (nSPS) is 9.93. The summed E-state index contributed by atoms with van der Waals surface area (Å²) in [6, 6.07) is 0. The predicted molar refractivity (Wildman–Crippen MR) is 109 cm³/mol. The SMILES string of the molecule is CCOC(=O)c1cnc(Cl)c(C)c1NC.CNc1c(CO)cnc(Cl)c1C. The molecule has 9 heteroatoms. The van der Waals surface area contributed by atoms with Crippen LogP contribution in [0.25, 0.3) is 0 Å². The van der Waals surface area contributed by atoms with Crippen molar-refractivity contribution in [3.05, 3.63) is 45.0 Å². The van der Waals surface area contributed by atoms with Gasteiger partial charge in [0.2, 0.25) is 0 Å². The van der Waals surface area contributed by atoms with Crippen molar-refractivity contribution < 1.29 is 14.6 Å². The number of hydrogen-bond donors (Lipinski definition) is 3. The summed E-state index contributed by atoms with van der Waals surface area (Å²) in [5.74, 6) is -0.394. The van der Waals surface area contributed by atoms with E-state index in [0.717, 1.165) is 22.4 Å². The van der Waals surface area contributed by atoms with Gasteiger partial charge in [0.1, 0.15) is 15.9 Å². The summed E-state index contributed by atoms with van der Waals surface area (Å²) in [6.45, 7) is 5.72. The number of aliphatic hydroxyl groups excluding tert-OH is 1. The van der Waals surface area contributed by atoms with E-state index in [1.165, 1.54) is 6.20 Å². The molecule has 2 heterocycles. The van der Waals surface area contributed by atoms with Crippen LogP contribution < -0.4 is 10.6 Å². The molecule has 0 aromatic carbocycles. The summed E-state index contributed by atoms with van der Waals surface area (Å²) in [7, 11) is 3.51. The molecule has 0 unspecified atom stereocenters. The molecule has 2 aromatic heterocycles. The van der Waals surface area contributed by atoms with Crippen LogP contribution in [0.2, 0.25) is 10.3 Å². The van der Waals surface area contributed by atoms with E-state index in [9.17, 15) is 4.79 Å². The van der Waals surface area contributed by atoms with E-state index in [0.29, 0.717) is 28.2 Å². The lowest BCUT2D eigenvalue weighted by molar-refractivity contribution is 0.0527. The molecule has 0 radical (unpaired) electrons. The van der Waals surface area contributed by atoms with Gasteiger partial charge in [0.15, 0.2) is 0 Å². The van der Waals surface area contributed by atoms with Gasteiger partial charge in [0.25, 0.3) is 0 Å². The number of halogens is 2. The van der Waals surface area contributed by atoms with Crippen LogP contribution in [0.15, 0.2) is 12.4 Å². The van der Waals surface area contributed by atoms with Crippen LogP contribution in [0.1, 0.15) is 34.0 Å². The molecule has 3 N–H and O–H groups in total. The van der Waals surface area contributed by atoms with Gasteiger partial charge in [-0.05, 0) is 20.8 Å². The van der Waals surface area contributed by atoms with E-state index < -0.39 is 5.97 Å². The number of esters is 1. The monoisotopic (exact) mass is 414 g/mol. The Morgan fingerprint density at radius 1 is 1.07 bits per heavy atom. The van der Waals surface area contributed by atoms with Crippen molar-refractivity contribution in [2.24, 2.45) is 0 Å². The highest BCUT2D eigenvalue weighted by molar-refractivity contribution is 6.31. The Morgan fingerprint density at radius 3 is 2.07 bits per heavy atom. The molecule has 0 fully saturated rings. The lowest BCUT2D eigenvalue weighted by atomic mass is 10.1. The van der Waals surface area contributed by atoms with Crippen molar-refractivity contribution in [3.63, 3.8) is 0 Å². The van der Waals surface area contributed by atoms with Gasteiger partial charge in [0, 0.05) is 48.9 Å². The van der Waals surface area contributed by atoms with Crippen LogP contribution in [-0.4, -0.2) is 41.7 Å². The average molecular weight is 415 g/mol. The van der Waals surface area contributed by atoms with E-state index in [-0.39, 0.29) is 6.61 Å². The second-order valence-corrected chi connectivity index (χ2v) is 6.13. The van der Waals surface area contributed by atoms with Gasteiger partial charge in [-0.15, -0.1) is 0 Å². The number of ether oxygens (including phenoxy) is 1. The summed E-state index contributed by atoms with van der Waals surface area (Å²) in [5, 5.41) is 15.7. The van der Waals surface area contributed by atoms with Gasteiger partial charge in [-0.1, -0.05) is 23.2 Å². The molecule has 2 rings (SSSR count). The van der Waals surface area contributed by atoms with Crippen molar-refractivity contribution in [2.45, 2.75) is 27.4 Å². The Hall–Kier alpha value is -2.09. The summed E-state index contributed by atoms with van der Waals surface area (Å²) >= 11 is 11.6. The first-order chi connectivity index (χ1) is 12.8. The van der Waals surface area contributed by atoms with E-state index in [4.69, 9.17) is 33.0 Å². The maximum atomic E-state index is 11.5. The summed E-state index contributed by atoms with van der Waals surface area (Å²) in [6.07, 6.45) is 2.99. The van der Waals surface area contributed by atoms with Gasteiger partial charge in [-0.25, -0.2) is 14.8 Å². The molecule has 27 heavy (non-hydrogen) atoms. The highest BCUT2D eigenvalue weighted by Gasteiger charge is 2.16. The Bertz CT molecular complexity index is 801. The third kappa shape index (κ3) is 5.69. The zero-order chi connectivity index (χ0) is 20.6. The van der Waals surface area contributed by atoms with Gasteiger partial charge >= 0.3 is 5.97 Å². The molecular weight excluding hydrogens is 391 g/mol. The fourth-order valence-electron chi connectivity index (χ4n) is 2.38. The topological polar surface area (TPSA) is 96.4 Å². The Labute approximate surface area is 169 Å². The Balaban J connectivity index is 0.000000277. The fraction of sp³-hybridized carbons (Fsp3) is 0.389. The largest absolute Gasteiger partial charge is 0.462 e. The van der Waals surface area contributed by atoms with Crippen molar-refractivity contribution in [1.82, 2.24) is 9.97 Å². The maximum Gasteiger partial charge on any atom is 0.341 e. The number of aromatic nitrogens is 2. The number of hydrogen-bond acceptors (Lipinski definition) is 7. The molecule has 148 valence electrons. The first kappa shape index (κ1) is 23.0. The molecule has 0 bridgehead atoms. The van der Waals surface area contributed by atoms with Gasteiger partial charge < -0.3 is 20.5 Å². The molecule has 0 aliphatic rings. The highest BCUT2D eigenvalue weighted by atomic mass is 35.5. The zero-order valence-electron chi connectivity index (χ0n) is 16.0. The second kappa shape index (κ2) is 10.9. The smallest absolute Gasteiger partial charge is 0.341 e. The van der Waals surface area contributed by atoms with Crippen LogP contribution in [0.3, 0.4) is 0 Å². The standard InChI is InChI=1S/C10H13ClN2O2.C8H11ClN2O/c1-4-15-10(14)7-5-13-9(11)6(2)8(7)12-3;1-5-7(10-2)6(4-12)3-11-8(5)9/h5H,4H2,1-3H3,(H,12,13);3,12H,4H2,1-2H3,(H,10,11). The molecular formula is C18H24Cl2N4O3. The number of carbonyl (C=O) groups excluding carboxylic acids is 1. The van der Waals surface area contributed by atoms with Crippen LogP contribution in [0.4, 0.5) is 11.4 Å². The second-order valence-electron chi connectivity index (χ2n) is 5.42. The number of pyridine rings is 2. The summed E-state index contributed by atoms with van der Waals surface area (Å²) in [4.78, 5) is 19.4. The van der Waals surface area contributed by atoms with E-state index in [2.05, 4.69) is 20.6 Å². The van der Waals surface area contributed by atoms with Crippen molar-refractivity contribution in [2.75, 3.05) is 31.3 Å². The number of carbonyl (C=O) groups is 1. The maximum absolute atomic E-state index is 11.5. The first-order valence-electron chi connectivity index (χ1n) is 8.24. The van der Waals surface area contributed by atoms with Crippen LogP contribution in [0, 0.1) is 13.8 Å². The van der Waals surface area contributed by atoms with Crippen LogP contribution in [0.5, 0.6) is 0 Å². The molecule has 0 saturated carbocycles. The molecule has 0 spiro atoms. The van der Waals surface area contributed by atoms with E-state index in [1.54, 1.807) is 34.1 Å². The van der Waals surface area contributed by atoms with Crippen LogP contribution >= 0.6 is 23.2 Å². The number of aliphatic hydroxyl groups is 1. The minimum absolute atomic E-state index is 0.0266. The molecule has 7 nitrogen and oxygen atoms in total. The first-order valence-corrected chi connectivity index (χ1v) is 9.00. The number of nitrogens with one attached hydrogen (secondary N) is 2. The van der Waals surface area contributed by atoms with E-state index in [1.807, 2.05) is 6.92 Å². The lowest BCUT2D eigenvalue weighted by Gasteiger charge is -2.11. The third-order valence-corrected chi connectivity index (χ3v) is 4.53. The Kier molecular flexibility index (Phi) is 9.28. The molecule has 0 amide bonds. The van der Waals surface area contributed by atoms with Crippen LogP contribution in [-0.2, 0) is 11.3 Å². The minimum Gasteiger partial charge on any atom is -0.462 e. The van der Waals surface area contributed by atoms with Gasteiger partial charge in [0.05, 0.1) is 18.9 Å². The molecule has 0 aliphatic heterocycles. The minimum atomic E-state index is -0.394. The molecule has 0 saturated heterocycles. The van der Waals surface area contributed by atoms with Crippen molar-refractivity contribution in [1.29, 1.82) is 0 Å². The third-order valence-electron chi connectivity index (χ3n) is 3.77. The quantitative estimate of drug-likeness (QED) is 0.504. The predicted octanol–water partition coefficient (Wildman–Crippen LogP) is 3.84.